The molecule has 0 saturated heterocycles. The van der Waals surface area contributed by atoms with Gasteiger partial charge in [0.2, 0.25) is 5.91 Å². The molecule has 0 radical (unpaired) electrons. The largest absolute Gasteiger partial charge is 0.340 e. The Bertz CT molecular complexity index is 182. The van der Waals surface area contributed by atoms with E-state index in [0.717, 1.165) is 12.8 Å². The van der Waals surface area contributed by atoms with Crippen LogP contribution in [0.5, 0.6) is 0 Å². The van der Waals surface area contributed by atoms with Crippen molar-refractivity contribution in [1.29, 1.82) is 0 Å². The third-order valence-electron chi connectivity index (χ3n) is 2.81. The van der Waals surface area contributed by atoms with Crippen LogP contribution in [0.4, 0.5) is 0 Å². The first-order valence-electron chi connectivity index (χ1n) is 6.66. The Morgan fingerprint density at radius 3 is 2.00 bits per heavy atom. The van der Waals surface area contributed by atoms with Crippen LogP contribution in [0.2, 0.25) is 0 Å². The van der Waals surface area contributed by atoms with Crippen molar-refractivity contribution in [3.8, 4) is 0 Å². The molecule has 0 N–H and O–H groups in total. The minimum absolute atomic E-state index is 0.196. The Kier molecular flexibility index (Phi) is 12.5. The van der Waals surface area contributed by atoms with Crippen molar-refractivity contribution in [2.75, 3.05) is 24.8 Å². The van der Waals surface area contributed by atoms with Gasteiger partial charge in [0.05, 0.1) is 0 Å². The molecule has 0 aliphatic heterocycles. The number of nitrogens with zero attached hydrogens (tertiary/aromatic N) is 1. The number of unbranched alkanes of at least 4 members (excludes halogenated alkanes) is 5. The first kappa shape index (κ1) is 17.1. The molecule has 0 aliphatic carbocycles. The molecule has 0 aromatic heterocycles. The van der Waals surface area contributed by atoms with Crippen LogP contribution in [0, 0.1) is 0 Å². The number of carbonyl (C=O) groups excluding carboxylic acids is 1. The maximum atomic E-state index is 11.8. The van der Waals surface area contributed by atoms with Crippen molar-refractivity contribution in [3.05, 3.63) is 0 Å². The molecule has 0 saturated carbocycles. The van der Waals surface area contributed by atoms with Crippen molar-refractivity contribution in [3.63, 3.8) is 0 Å². The second-order valence-electron chi connectivity index (χ2n) is 4.28. The van der Waals surface area contributed by atoms with E-state index in [-0.39, 0.29) is 5.91 Å². The van der Waals surface area contributed by atoms with E-state index < -0.39 is 0 Å². The van der Waals surface area contributed by atoms with E-state index in [9.17, 15) is 4.79 Å². The van der Waals surface area contributed by atoms with E-state index >= 15 is 0 Å². The van der Waals surface area contributed by atoms with Gasteiger partial charge in [0, 0.05) is 31.3 Å². The topological polar surface area (TPSA) is 20.3 Å². The van der Waals surface area contributed by atoms with Gasteiger partial charge in [-0.25, -0.2) is 0 Å². The Morgan fingerprint density at radius 2 is 1.47 bits per heavy atom. The van der Waals surface area contributed by atoms with Gasteiger partial charge in [0.1, 0.15) is 0 Å². The molecule has 0 heterocycles. The van der Waals surface area contributed by atoms with Crippen LogP contribution >= 0.6 is 23.2 Å². The number of amides is 1. The molecule has 0 spiro atoms. The van der Waals surface area contributed by atoms with Crippen molar-refractivity contribution >= 4 is 29.1 Å². The average molecular weight is 282 g/mol. The van der Waals surface area contributed by atoms with Gasteiger partial charge >= 0.3 is 0 Å². The summed E-state index contributed by atoms with van der Waals surface area (Å²) in [6, 6.07) is 0. The zero-order valence-corrected chi connectivity index (χ0v) is 12.4. The molecule has 0 unspecified atom stereocenters. The van der Waals surface area contributed by atoms with Crippen molar-refractivity contribution in [2.24, 2.45) is 0 Å². The van der Waals surface area contributed by atoms with Crippen LogP contribution in [-0.2, 0) is 4.79 Å². The normalized spacial score (nSPS) is 10.5. The molecule has 0 aliphatic rings. The van der Waals surface area contributed by atoms with Crippen molar-refractivity contribution < 1.29 is 4.79 Å². The maximum absolute atomic E-state index is 11.8. The molecular formula is C13H25Cl2NO. The van der Waals surface area contributed by atoms with Crippen LogP contribution in [0.3, 0.4) is 0 Å². The molecule has 102 valence electrons. The van der Waals surface area contributed by atoms with Crippen LogP contribution in [0.15, 0.2) is 0 Å². The third-order valence-corrected chi connectivity index (χ3v) is 3.14. The van der Waals surface area contributed by atoms with Gasteiger partial charge in [-0.2, -0.15) is 0 Å². The van der Waals surface area contributed by atoms with E-state index in [1.807, 2.05) is 0 Å². The monoisotopic (exact) mass is 281 g/mol. The molecular weight excluding hydrogens is 257 g/mol. The highest BCUT2D eigenvalue weighted by atomic mass is 35.5. The summed E-state index contributed by atoms with van der Waals surface area (Å²) in [5.41, 5.74) is 0. The number of hydrogen-bond donors (Lipinski definition) is 0. The molecule has 0 aromatic rings. The molecule has 17 heavy (non-hydrogen) atoms. The Hall–Kier alpha value is 0.0500. The number of alkyl halides is 2. The quantitative estimate of drug-likeness (QED) is 0.413. The van der Waals surface area contributed by atoms with Gasteiger partial charge in [-0.05, 0) is 6.42 Å². The minimum Gasteiger partial charge on any atom is -0.340 e. The molecule has 0 fully saturated rings. The lowest BCUT2D eigenvalue weighted by molar-refractivity contribution is -0.130. The van der Waals surface area contributed by atoms with Crippen molar-refractivity contribution in [1.82, 2.24) is 4.90 Å². The number of carbonyl (C=O) groups is 1. The lowest BCUT2D eigenvalue weighted by atomic mass is 10.1. The molecule has 1 amide bonds. The maximum Gasteiger partial charge on any atom is 0.222 e. The molecule has 0 atom stereocenters. The summed E-state index contributed by atoms with van der Waals surface area (Å²) in [4.78, 5) is 13.6. The summed E-state index contributed by atoms with van der Waals surface area (Å²) in [7, 11) is 0. The second kappa shape index (κ2) is 12.5. The van der Waals surface area contributed by atoms with E-state index in [1.165, 1.54) is 25.7 Å². The predicted molar refractivity (Wildman–Crippen MR) is 76.0 cm³/mol. The highest BCUT2D eigenvalue weighted by molar-refractivity contribution is 6.18. The van der Waals surface area contributed by atoms with Gasteiger partial charge in [0.25, 0.3) is 0 Å². The standard InChI is InChI=1S/C13H25Cl2NO/c1-2-3-4-5-6-7-8-13(17)16(11-9-14)12-10-15/h2-12H2,1H3. The van der Waals surface area contributed by atoms with Crippen LogP contribution < -0.4 is 0 Å². The van der Waals surface area contributed by atoms with Gasteiger partial charge < -0.3 is 4.90 Å². The first-order valence-corrected chi connectivity index (χ1v) is 7.72. The van der Waals surface area contributed by atoms with Crippen LogP contribution in [0.1, 0.15) is 51.9 Å². The smallest absolute Gasteiger partial charge is 0.222 e. The zero-order chi connectivity index (χ0) is 12.9. The molecule has 4 heteroatoms. The van der Waals surface area contributed by atoms with Crippen molar-refractivity contribution in [2.45, 2.75) is 51.9 Å². The lowest BCUT2D eigenvalue weighted by Gasteiger charge is -2.20. The fourth-order valence-corrected chi connectivity index (χ4v) is 2.19. The molecule has 0 rings (SSSR count). The van der Waals surface area contributed by atoms with Crippen LogP contribution in [0.25, 0.3) is 0 Å². The highest BCUT2D eigenvalue weighted by Gasteiger charge is 2.11. The van der Waals surface area contributed by atoms with E-state index in [2.05, 4.69) is 6.92 Å². The highest BCUT2D eigenvalue weighted by Crippen LogP contribution is 2.08. The van der Waals surface area contributed by atoms with Gasteiger partial charge in [-0.15, -0.1) is 23.2 Å². The number of rotatable bonds is 11. The Morgan fingerprint density at radius 1 is 0.941 bits per heavy atom. The van der Waals surface area contributed by atoms with Crippen LogP contribution in [-0.4, -0.2) is 35.7 Å². The average Bonchev–Trinajstić information content (AvgIpc) is 2.33. The summed E-state index contributed by atoms with van der Waals surface area (Å²) in [6.07, 6.45) is 7.88. The fraction of sp³-hybridized carbons (Fsp3) is 0.923. The summed E-state index contributed by atoms with van der Waals surface area (Å²) in [5, 5.41) is 0. The summed E-state index contributed by atoms with van der Waals surface area (Å²) in [6.45, 7) is 3.44. The minimum atomic E-state index is 0.196. The van der Waals surface area contributed by atoms with Gasteiger partial charge in [0.15, 0.2) is 0 Å². The van der Waals surface area contributed by atoms with E-state index in [4.69, 9.17) is 23.2 Å². The molecule has 2 nitrogen and oxygen atoms in total. The third kappa shape index (κ3) is 9.72. The summed E-state index contributed by atoms with van der Waals surface area (Å²) < 4.78 is 0. The first-order chi connectivity index (χ1) is 8.26. The predicted octanol–water partition coefficient (Wildman–Crippen LogP) is 4.04. The Labute approximate surface area is 116 Å². The summed E-state index contributed by atoms with van der Waals surface area (Å²) >= 11 is 11.3. The SMILES string of the molecule is CCCCCCCCC(=O)N(CCCl)CCCl. The number of halogens is 2. The number of hydrogen-bond acceptors (Lipinski definition) is 1. The van der Waals surface area contributed by atoms with Gasteiger partial charge in [-0.3, -0.25) is 4.79 Å². The zero-order valence-electron chi connectivity index (χ0n) is 10.9. The van der Waals surface area contributed by atoms with E-state index in [0.29, 0.717) is 31.3 Å². The summed E-state index contributed by atoms with van der Waals surface area (Å²) in [5.74, 6) is 1.17. The van der Waals surface area contributed by atoms with Gasteiger partial charge in [-0.1, -0.05) is 39.0 Å². The Balaban J connectivity index is 3.59. The molecule has 0 aromatic carbocycles. The van der Waals surface area contributed by atoms with E-state index in [1.54, 1.807) is 4.90 Å². The lowest BCUT2D eigenvalue weighted by Crippen LogP contribution is -2.34. The second-order valence-corrected chi connectivity index (χ2v) is 5.03. The molecule has 0 bridgehead atoms. The fourth-order valence-electron chi connectivity index (χ4n) is 1.78.